The van der Waals surface area contributed by atoms with E-state index in [1.165, 1.54) is 34.2 Å². The monoisotopic (exact) mass is 452 g/mol. The Labute approximate surface area is 188 Å². The van der Waals surface area contributed by atoms with Gasteiger partial charge in [0.05, 0.1) is 10.6 Å². The molecule has 5 rings (SSSR count). The van der Waals surface area contributed by atoms with E-state index < -0.39 is 0 Å². The molecule has 0 saturated heterocycles. The normalized spacial score (nSPS) is 14.7. The number of aromatic nitrogens is 4. The van der Waals surface area contributed by atoms with Crippen molar-refractivity contribution in [2.45, 2.75) is 63.4 Å². The average Bonchev–Trinajstić information content (AvgIpc) is 3.39. The topological polar surface area (TPSA) is 73.8 Å². The van der Waals surface area contributed by atoms with E-state index in [0.717, 1.165) is 35.0 Å². The summed E-state index contributed by atoms with van der Waals surface area (Å²) in [7, 11) is 0. The first-order valence-electron chi connectivity index (χ1n) is 10.7. The minimum absolute atomic E-state index is 0.0764. The van der Waals surface area contributed by atoms with Gasteiger partial charge in [0.1, 0.15) is 4.83 Å². The molecule has 1 aromatic carbocycles. The van der Waals surface area contributed by atoms with Crippen molar-refractivity contribution in [2.75, 3.05) is 0 Å². The average molecular weight is 453 g/mol. The quantitative estimate of drug-likeness (QED) is 0.291. The Morgan fingerprint density at radius 2 is 1.97 bits per heavy atom. The first-order chi connectivity index (χ1) is 15.0. The number of hydrogen-bond donors (Lipinski definition) is 0. The fourth-order valence-corrected chi connectivity index (χ4v) is 6.31. The molecule has 1 unspecified atom stereocenters. The largest absolute Gasteiger partial charge is 0.419 e. The summed E-state index contributed by atoms with van der Waals surface area (Å²) in [4.78, 5) is 20.4. The maximum atomic E-state index is 13.3. The van der Waals surface area contributed by atoms with E-state index in [4.69, 9.17) is 9.40 Å². The highest BCUT2D eigenvalue weighted by molar-refractivity contribution is 7.99. The summed E-state index contributed by atoms with van der Waals surface area (Å²) >= 11 is 3.18. The molecule has 3 aromatic heterocycles. The molecule has 6 nitrogen and oxygen atoms in total. The number of thiophene rings is 1. The summed E-state index contributed by atoms with van der Waals surface area (Å²) in [5, 5.41) is 9.89. The molecule has 4 aromatic rings. The predicted octanol–water partition coefficient (Wildman–Crippen LogP) is 5.57. The highest BCUT2D eigenvalue weighted by Crippen LogP contribution is 2.38. The molecular weight excluding hydrogens is 428 g/mol. The first kappa shape index (κ1) is 20.5. The van der Waals surface area contributed by atoms with Crippen LogP contribution in [0.5, 0.6) is 0 Å². The van der Waals surface area contributed by atoms with E-state index in [0.29, 0.717) is 23.5 Å². The van der Waals surface area contributed by atoms with Gasteiger partial charge in [-0.2, -0.15) is 0 Å². The lowest BCUT2D eigenvalue weighted by molar-refractivity contribution is 0.508. The fraction of sp³-hybridized carbons (Fsp3) is 0.391. The van der Waals surface area contributed by atoms with Crippen LogP contribution in [0, 0.1) is 6.92 Å². The van der Waals surface area contributed by atoms with Crippen molar-refractivity contribution in [3.63, 3.8) is 0 Å². The van der Waals surface area contributed by atoms with Crippen LogP contribution in [0.4, 0.5) is 0 Å². The van der Waals surface area contributed by atoms with Crippen molar-refractivity contribution in [3.05, 3.63) is 56.5 Å². The predicted molar refractivity (Wildman–Crippen MR) is 125 cm³/mol. The van der Waals surface area contributed by atoms with Crippen LogP contribution in [0.2, 0.25) is 0 Å². The van der Waals surface area contributed by atoms with E-state index in [2.05, 4.69) is 10.2 Å². The zero-order chi connectivity index (χ0) is 21.5. The Morgan fingerprint density at radius 3 is 2.74 bits per heavy atom. The van der Waals surface area contributed by atoms with Crippen LogP contribution in [0.15, 0.2) is 38.6 Å². The van der Waals surface area contributed by atoms with Gasteiger partial charge in [0.15, 0.2) is 5.16 Å². The third-order valence-corrected chi connectivity index (χ3v) is 7.99. The number of nitrogens with zero attached hydrogens (tertiary/aromatic N) is 4. The number of aryl methyl sites for hydroxylation is 3. The van der Waals surface area contributed by atoms with Crippen molar-refractivity contribution >= 4 is 33.3 Å². The smallest absolute Gasteiger partial charge is 0.263 e. The van der Waals surface area contributed by atoms with Gasteiger partial charge in [0.2, 0.25) is 11.8 Å². The highest BCUT2D eigenvalue weighted by Gasteiger charge is 2.24. The van der Waals surface area contributed by atoms with Crippen LogP contribution >= 0.6 is 23.1 Å². The molecule has 0 N–H and O–H groups in total. The molecule has 0 fully saturated rings. The molecule has 8 heteroatoms. The molecule has 0 spiro atoms. The molecule has 3 heterocycles. The summed E-state index contributed by atoms with van der Waals surface area (Å²) in [5.74, 6) is 1.03. The zero-order valence-electron chi connectivity index (χ0n) is 17.8. The van der Waals surface area contributed by atoms with Gasteiger partial charge in [-0.25, -0.2) is 4.98 Å². The molecule has 0 aliphatic heterocycles. The third kappa shape index (κ3) is 3.72. The van der Waals surface area contributed by atoms with Gasteiger partial charge >= 0.3 is 0 Å². The van der Waals surface area contributed by atoms with E-state index >= 15 is 0 Å². The molecule has 31 heavy (non-hydrogen) atoms. The van der Waals surface area contributed by atoms with Gasteiger partial charge in [-0.05, 0) is 64.2 Å². The Kier molecular flexibility index (Phi) is 5.44. The second-order valence-electron chi connectivity index (χ2n) is 7.91. The Balaban J connectivity index is 1.47. The van der Waals surface area contributed by atoms with Crippen LogP contribution in [0.1, 0.15) is 53.8 Å². The molecule has 0 amide bonds. The maximum Gasteiger partial charge on any atom is 0.263 e. The number of thioether (sulfide) groups is 1. The van der Waals surface area contributed by atoms with E-state index in [-0.39, 0.29) is 10.8 Å². The molecule has 1 aliphatic rings. The van der Waals surface area contributed by atoms with Gasteiger partial charge in [0.25, 0.3) is 5.56 Å². The van der Waals surface area contributed by atoms with Crippen LogP contribution in [-0.4, -0.2) is 19.7 Å². The van der Waals surface area contributed by atoms with Crippen LogP contribution in [-0.2, 0) is 19.4 Å². The summed E-state index contributed by atoms with van der Waals surface area (Å²) in [6, 6.07) is 8.01. The minimum Gasteiger partial charge on any atom is -0.419 e. The molecule has 1 aliphatic carbocycles. The lowest BCUT2D eigenvalue weighted by Crippen LogP contribution is -2.23. The summed E-state index contributed by atoms with van der Waals surface area (Å²) in [5.41, 5.74) is 3.39. The van der Waals surface area contributed by atoms with Crippen molar-refractivity contribution in [3.8, 4) is 11.5 Å². The SMILES string of the molecule is CCn1c(SC(C)c2nnc(-c3ccc(C)cc3)o2)nc2sc3c(c2c1=O)CCCC3. The van der Waals surface area contributed by atoms with Gasteiger partial charge < -0.3 is 4.42 Å². The van der Waals surface area contributed by atoms with E-state index in [1.807, 2.05) is 45.0 Å². The van der Waals surface area contributed by atoms with Crippen LogP contribution < -0.4 is 5.56 Å². The minimum atomic E-state index is -0.122. The van der Waals surface area contributed by atoms with Crippen molar-refractivity contribution in [1.29, 1.82) is 0 Å². The van der Waals surface area contributed by atoms with Gasteiger partial charge in [-0.15, -0.1) is 21.5 Å². The lowest BCUT2D eigenvalue weighted by atomic mass is 9.97. The van der Waals surface area contributed by atoms with Crippen LogP contribution in [0.3, 0.4) is 0 Å². The highest BCUT2D eigenvalue weighted by atomic mass is 32.2. The molecule has 0 saturated carbocycles. The first-order valence-corrected chi connectivity index (χ1v) is 12.4. The van der Waals surface area contributed by atoms with Gasteiger partial charge in [-0.3, -0.25) is 9.36 Å². The number of hydrogen-bond acceptors (Lipinski definition) is 7. The third-order valence-electron chi connectivity index (χ3n) is 5.73. The zero-order valence-corrected chi connectivity index (χ0v) is 19.5. The standard InChI is InChI=1S/C23H24N4O2S2/c1-4-27-22(28)18-16-7-5-6-8-17(16)31-21(18)24-23(27)30-14(3)19-25-26-20(29-19)15-11-9-13(2)10-12-15/h9-12,14H,4-8H2,1-3H3. The summed E-state index contributed by atoms with van der Waals surface area (Å²) in [6.07, 6.45) is 4.40. The van der Waals surface area contributed by atoms with E-state index in [9.17, 15) is 4.79 Å². The van der Waals surface area contributed by atoms with Gasteiger partial charge in [-0.1, -0.05) is 29.5 Å². The van der Waals surface area contributed by atoms with E-state index in [1.54, 1.807) is 15.9 Å². The number of benzene rings is 1. The van der Waals surface area contributed by atoms with Gasteiger partial charge in [0, 0.05) is 17.0 Å². The fourth-order valence-electron chi connectivity index (χ4n) is 4.01. The molecular formula is C23H24N4O2S2. The Bertz CT molecular complexity index is 1300. The Morgan fingerprint density at radius 1 is 1.19 bits per heavy atom. The number of fused-ring (bicyclic) bond motifs is 3. The maximum absolute atomic E-state index is 13.3. The van der Waals surface area contributed by atoms with Crippen molar-refractivity contribution in [1.82, 2.24) is 19.7 Å². The molecule has 0 bridgehead atoms. The van der Waals surface area contributed by atoms with Crippen molar-refractivity contribution < 1.29 is 4.42 Å². The second-order valence-corrected chi connectivity index (χ2v) is 10.3. The van der Waals surface area contributed by atoms with Crippen LogP contribution in [0.25, 0.3) is 21.7 Å². The van der Waals surface area contributed by atoms with Crippen molar-refractivity contribution in [2.24, 2.45) is 0 Å². The summed E-state index contributed by atoms with van der Waals surface area (Å²) < 4.78 is 7.73. The number of rotatable bonds is 5. The lowest BCUT2D eigenvalue weighted by Gasteiger charge is -2.13. The molecule has 1 atom stereocenters. The molecule has 0 radical (unpaired) electrons. The Hall–Kier alpha value is -2.45. The molecule has 160 valence electrons. The second kappa shape index (κ2) is 8.24. The summed E-state index contributed by atoms with van der Waals surface area (Å²) in [6.45, 7) is 6.63.